The molecule has 0 spiro atoms. The maximum Gasteiger partial charge on any atom is 0.223 e. The summed E-state index contributed by atoms with van der Waals surface area (Å²) in [7, 11) is 1.57. The number of anilines is 1. The van der Waals surface area contributed by atoms with Crippen LogP contribution in [0.2, 0.25) is 0 Å². The Hall–Kier alpha value is -2.53. The molecule has 5 heteroatoms. The molecule has 0 heterocycles. The summed E-state index contributed by atoms with van der Waals surface area (Å²) >= 11 is 0. The van der Waals surface area contributed by atoms with Crippen LogP contribution in [-0.2, 0) is 17.8 Å². The highest BCUT2D eigenvalue weighted by atomic mass is 16.5. The van der Waals surface area contributed by atoms with E-state index in [2.05, 4.69) is 0 Å². The molecule has 0 atom stereocenters. The lowest BCUT2D eigenvalue weighted by atomic mass is 10.1. The minimum Gasteiger partial charge on any atom is -0.495 e. The molecular weight excluding hydrogens is 304 g/mol. The highest BCUT2D eigenvalue weighted by Gasteiger charge is 2.14. The average Bonchev–Trinajstić information content (AvgIpc) is 2.60. The van der Waals surface area contributed by atoms with Gasteiger partial charge in [-0.2, -0.15) is 0 Å². The van der Waals surface area contributed by atoms with Crippen molar-refractivity contribution in [1.82, 2.24) is 4.90 Å². The molecule has 0 aliphatic heterocycles. The number of nitrogens with zero attached hydrogens (tertiary/aromatic N) is 1. The van der Waals surface area contributed by atoms with Gasteiger partial charge in [0.1, 0.15) is 5.75 Å². The molecular formula is C19H24N2O3. The fraction of sp³-hybridized carbons (Fsp3) is 0.316. The molecule has 1 amide bonds. The number of aliphatic hydroxyl groups excluding tert-OH is 1. The molecule has 0 unspecified atom stereocenters. The normalized spacial score (nSPS) is 10.4. The van der Waals surface area contributed by atoms with Crippen LogP contribution in [0.5, 0.6) is 5.75 Å². The Morgan fingerprint density at radius 1 is 1.17 bits per heavy atom. The van der Waals surface area contributed by atoms with Crippen LogP contribution in [0.4, 0.5) is 5.69 Å². The SMILES string of the molecule is COc1ccc(CCC(=O)N(CCO)Cc2ccccc2)cc1N. The Kier molecular flexibility index (Phi) is 6.63. The molecule has 3 N–H and O–H groups in total. The Labute approximate surface area is 142 Å². The molecule has 5 nitrogen and oxygen atoms in total. The molecule has 2 aromatic carbocycles. The van der Waals surface area contributed by atoms with E-state index in [1.54, 1.807) is 12.0 Å². The first kappa shape index (κ1) is 17.8. The molecule has 0 aliphatic carbocycles. The van der Waals surface area contributed by atoms with Crippen molar-refractivity contribution in [1.29, 1.82) is 0 Å². The van der Waals surface area contributed by atoms with Gasteiger partial charge in [-0.1, -0.05) is 36.4 Å². The zero-order valence-electron chi connectivity index (χ0n) is 13.9. The van der Waals surface area contributed by atoms with Crippen molar-refractivity contribution in [3.05, 3.63) is 59.7 Å². The van der Waals surface area contributed by atoms with Gasteiger partial charge in [-0.25, -0.2) is 0 Å². The van der Waals surface area contributed by atoms with Gasteiger partial charge < -0.3 is 20.5 Å². The number of carbonyl (C=O) groups is 1. The van der Waals surface area contributed by atoms with Crippen LogP contribution in [0.1, 0.15) is 17.5 Å². The van der Waals surface area contributed by atoms with Crippen molar-refractivity contribution in [2.24, 2.45) is 0 Å². The second kappa shape index (κ2) is 8.93. The van der Waals surface area contributed by atoms with Crippen molar-refractivity contribution in [3.63, 3.8) is 0 Å². The van der Waals surface area contributed by atoms with E-state index < -0.39 is 0 Å². The van der Waals surface area contributed by atoms with Gasteiger partial charge in [0.25, 0.3) is 0 Å². The third kappa shape index (κ3) is 4.99. The van der Waals surface area contributed by atoms with E-state index in [4.69, 9.17) is 10.5 Å². The first-order valence-corrected chi connectivity index (χ1v) is 7.99. The van der Waals surface area contributed by atoms with Gasteiger partial charge in [0, 0.05) is 19.5 Å². The number of rotatable bonds is 8. The summed E-state index contributed by atoms with van der Waals surface area (Å²) in [5, 5.41) is 9.22. The third-order valence-electron chi connectivity index (χ3n) is 3.86. The number of methoxy groups -OCH3 is 1. The number of hydrogen-bond donors (Lipinski definition) is 2. The number of aryl methyl sites for hydroxylation is 1. The first-order valence-electron chi connectivity index (χ1n) is 7.99. The number of benzene rings is 2. The highest BCUT2D eigenvalue weighted by molar-refractivity contribution is 5.76. The van der Waals surface area contributed by atoms with E-state index in [0.29, 0.717) is 37.4 Å². The summed E-state index contributed by atoms with van der Waals surface area (Å²) in [6.45, 7) is 0.789. The van der Waals surface area contributed by atoms with Gasteiger partial charge in [-0.3, -0.25) is 4.79 Å². The Balaban J connectivity index is 1.96. The average molecular weight is 328 g/mol. The van der Waals surface area contributed by atoms with Gasteiger partial charge in [-0.15, -0.1) is 0 Å². The second-order valence-electron chi connectivity index (χ2n) is 5.60. The molecule has 0 aromatic heterocycles. The number of carbonyl (C=O) groups excluding carboxylic acids is 1. The van der Waals surface area contributed by atoms with Crippen LogP contribution >= 0.6 is 0 Å². The Morgan fingerprint density at radius 2 is 1.92 bits per heavy atom. The number of nitrogens with two attached hydrogens (primary N) is 1. The Morgan fingerprint density at radius 3 is 2.54 bits per heavy atom. The predicted molar refractivity (Wildman–Crippen MR) is 94.7 cm³/mol. The summed E-state index contributed by atoms with van der Waals surface area (Å²) in [4.78, 5) is 14.2. The van der Waals surface area contributed by atoms with Crippen molar-refractivity contribution in [3.8, 4) is 5.75 Å². The fourth-order valence-electron chi connectivity index (χ4n) is 2.57. The topological polar surface area (TPSA) is 75.8 Å². The standard InChI is InChI=1S/C19H24N2O3/c1-24-18-9-7-15(13-17(18)20)8-10-19(23)21(11-12-22)14-16-5-3-2-4-6-16/h2-7,9,13,22H,8,10-12,14,20H2,1H3. The van der Waals surface area contributed by atoms with Crippen LogP contribution in [0.25, 0.3) is 0 Å². The quantitative estimate of drug-likeness (QED) is 0.729. The van der Waals surface area contributed by atoms with Gasteiger partial charge in [-0.05, 0) is 29.7 Å². The molecule has 0 bridgehead atoms. The van der Waals surface area contributed by atoms with Gasteiger partial charge in [0.15, 0.2) is 0 Å². The Bertz CT molecular complexity index is 659. The van der Waals surface area contributed by atoms with Crippen molar-refractivity contribution in [2.45, 2.75) is 19.4 Å². The summed E-state index contributed by atoms with van der Waals surface area (Å²) in [6.07, 6.45) is 0.975. The summed E-state index contributed by atoms with van der Waals surface area (Å²) in [6, 6.07) is 15.3. The van der Waals surface area contributed by atoms with E-state index in [0.717, 1.165) is 11.1 Å². The van der Waals surface area contributed by atoms with E-state index in [-0.39, 0.29) is 12.5 Å². The maximum absolute atomic E-state index is 12.5. The van der Waals surface area contributed by atoms with Crippen LogP contribution in [-0.4, -0.2) is 36.2 Å². The van der Waals surface area contributed by atoms with E-state index >= 15 is 0 Å². The largest absolute Gasteiger partial charge is 0.495 e. The number of aliphatic hydroxyl groups is 1. The zero-order chi connectivity index (χ0) is 17.4. The molecule has 0 fully saturated rings. The molecule has 0 saturated heterocycles. The summed E-state index contributed by atoms with van der Waals surface area (Å²) < 4.78 is 5.13. The van der Waals surface area contributed by atoms with Gasteiger partial charge in [0.05, 0.1) is 19.4 Å². The highest BCUT2D eigenvalue weighted by Crippen LogP contribution is 2.22. The molecule has 0 radical (unpaired) electrons. The van der Waals surface area contributed by atoms with Crippen molar-refractivity contribution in [2.75, 3.05) is 26.0 Å². The van der Waals surface area contributed by atoms with Gasteiger partial charge in [0.2, 0.25) is 5.91 Å². The minimum atomic E-state index is -0.0476. The van der Waals surface area contributed by atoms with Crippen LogP contribution < -0.4 is 10.5 Å². The van der Waals surface area contributed by atoms with Crippen molar-refractivity contribution >= 4 is 11.6 Å². The van der Waals surface area contributed by atoms with Crippen LogP contribution in [0.15, 0.2) is 48.5 Å². The molecule has 128 valence electrons. The lowest BCUT2D eigenvalue weighted by Gasteiger charge is -2.22. The molecule has 24 heavy (non-hydrogen) atoms. The van der Waals surface area contributed by atoms with Crippen molar-refractivity contribution < 1.29 is 14.6 Å². The first-order chi connectivity index (χ1) is 11.6. The summed E-state index contributed by atoms with van der Waals surface area (Å²) in [5.41, 5.74) is 8.50. The lowest BCUT2D eigenvalue weighted by Crippen LogP contribution is -2.33. The monoisotopic (exact) mass is 328 g/mol. The molecule has 2 rings (SSSR count). The predicted octanol–water partition coefficient (Wildman–Crippen LogP) is 2.23. The summed E-state index contributed by atoms with van der Waals surface area (Å²) in [5.74, 6) is 0.651. The fourth-order valence-corrected chi connectivity index (χ4v) is 2.57. The molecule has 0 saturated carbocycles. The zero-order valence-corrected chi connectivity index (χ0v) is 13.9. The maximum atomic E-state index is 12.5. The van der Waals surface area contributed by atoms with Crippen LogP contribution in [0.3, 0.4) is 0 Å². The minimum absolute atomic E-state index is 0.0160. The third-order valence-corrected chi connectivity index (χ3v) is 3.86. The van der Waals surface area contributed by atoms with E-state index in [1.807, 2.05) is 48.5 Å². The number of amides is 1. The number of nitrogen functional groups attached to an aromatic ring is 1. The lowest BCUT2D eigenvalue weighted by molar-refractivity contribution is -0.132. The molecule has 2 aromatic rings. The van der Waals surface area contributed by atoms with E-state index in [9.17, 15) is 9.90 Å². The number of hydrogen-bond acceptors (Lipinski definition) is 4. The van der Waals surface area contributed by atoms with E-state index in [1.165, 1.54) is 0 Å². The van der Waals surface area contributed by atoms with Gasteiger partial charge >= 0.3 is 0 Å². The second-order valence-corrected chi connectivity index (χ2v) is 5.60. The smallest absolute Gasteiger partial charge is 0.223 e. The molecule has 0 aliphatic rings. The number of ether oxygens (including phenoxy) is 1. The van der Waals surface area contributed by atoms with Crippen LogP contribution in [0, 0.1) is 0 Å².